The average molecular weight is 221 g/mol. The molecule has 0 saturated heterocycles. The normalized spacial score (nSPS) is 12.9. The Balaban J connectivity index is 3.12. The summed E-state index contributed by atoms with van der Waals surface area (Å²) < 4.78 is 18.1. The molecule has 0 amide bonds. The zero-order chi connectivity index (χ0) is 7.56. The third kappa shape index (κ3) is 1.78. The molecule has 0 aliphatic heterocycles. The molecule has 5 heteroatoms. The largest absolute Gasteiger partial charge is 0.250 e. The Morgan fingerprint density at radius 2 is 2.30 bits per heavy atom. The molecule has 1 atom stereocenters. The molecular weight excluding hydrogens is 216 g/mol. The molecule has 0 aliphatic rings. The lowest BCUT2D eigenvalue weighted by atomic mass is 10.5. The molecule has 0 saturated carbocycles. The van der Waals surface area contributed by atoms with Crippen molar-refractivity contribution in [3.8, 4) is 0 Å². The van der Waals surface area contributed by atoms with Gasteiger partial charge in [0.1, 0.15) is 5.03 Å². The highest BCUT2D eigenvalue weighted by molar-refractivity contribution is 9.10. The van der Waals surface area contributed by atoms with E-state index in [1.54, 1.807) is 12.1 Å². The van der Waals surface area contributed by atoms with Gasteiger partial charge in [0.05, 0.1) is 10.6 Å². The number of halogens is 1. The van der Waals surface area contributed by atoms with E-state index in [2.05, 4.69) is 20.9 Å². The van der Waals surface area contributed by atoms with Crippen LogP contribution in [0, 0.1) is 4.78 Å². The molecule has 1 unspecified atom stereocenters. The monoisotopic (exact) mass is 220 g/mol. The van der Waals surface area contributed by atoms with Crippen LogP contribution in [0.25, 0.3) is 0 Å². The van der Waals surface area contributed by atoms with Gasteiger partial charge >= 0.3 is 0 Å². The topological polar surface area (TPSA) is 53.8 Å². The van der Waals surface area contributed by atoms with Gasteiger partial charge in [-0.2, -0.15) is 0 Å². The third-order valence-electron chi connectivity index (χ3n) is 0.920. The number of nitrogens with one attached hydrogen (secondary N) is 1. The summed E-state index contributed by atoms with van der Waals surface area (Å²) in [6.07, 6.45) is 1.52. The van der Waals surface area contributed by atoms with Gasteiger partial charge in [-0.25, -0.2) is 14.0 Å². The van der Waals surface area contributed by atoms with Crippen molar-refractivity contribution >= 4 is 26.5 Å². The van der Waals surface area contributed by atoms with Crippen LogP contribution in [0.4, 0.5) is 0 Å². The fraction of sp³-hybridized carbons (Fsp3) is 0. The minimum absolute atomic E-state index is 0.318. The van der Waals surface area contributed by atoms with Crippen molar-refractivity contribution in [1.29, 1.82) is 4.78 Å². The van der Waals surface area contributed by atoms with Gasteiger partial charge in [-0.3, -0.25) is 0 Å². The van der Waals surface area contributed by atoms with Crippen molar-refractivity contribution in [3.05, 3.63) is 22.8 Å². The fourth-order valence-electron chi connectivity index (χ4n) is 0.488. The summed E-state index contributed by atoms with van der Waals surface area (Å²) in [5.41, 5.74) is 0. The van der Waals surface area contributed by atoms with Crippen LogP contribution in [-0.2, 0) is 10.6 Å². The summed E-state index contributed by atoms with van der Waals surface area (Å²) in [6.45, 7) is 0. The number of pyridine rings is 1. The predicted molar refractivity (Wildman–Crippen MR) is 42.5 cm³/mol. The molecule has 0 bridgehead atoms. The van der Waals surface area contributed by atoms with Crippen LogP contribution in [-0.4, -0.2) is 9.19 Å². The molecule has 3 nitrogen and oxygen atoms in total. The molecule has 0 spiro atoms. The van der Waals surface area contributed by atoms with Crippen LogP contribution >= 0.6 is 15.9 Å². The Kier molecular flexibility index (Phi) is 2.39. The van der Waals surface area contributed by atoms with Gasteiger partial charge in [0.15, 0.2) is 0 Å². The minimum atomic E-state index is -2.04. The molecule has 0 aromatic carbocycles. The lowest BCUT2D eigenvalue weighted by molar-refractivity contribution is 0.684. The summed E-state index contributed by atoms with van der Waals surface area (Å²) in [4.78, 5) is 3.76. The van der Waals surface area contributed by atoms with Crippen molar-refractivity contribution in [2.24, 2.45) is 0 Å². The van der Waals surface area contributed by atoms with E-state index in [4.69, 9.17) is 4.78 Å². The Morgan fingerprint density at radius 3 is 2.70 bits per heavy atom. The zero-order valence-corrected chi connectivity index (χ0v) is 7.39. The molecule has 10 heavy (non-hydrogen) atoms. The first kappa shape index (κ1) is 7.68. The zero-order valence-electron chi connectivity index (χ0n) is 4.91. The highest BCUT2D eigenvalue weighted by atomic mass is 79.9. The van der Waals surface area contributed by atoms with E-state index in [-0.39, 0.29) is 0 Å². The maximum Gasteiger partial charge on any atom is 0.132 e. The maximum absolute atomic E-state index is 10.5. The van der Waals surface area contributed by atoms with Crippen LogP contribution < -0.4 is 0 Å². The molecule has 0 aliphatic carbocycles. The van der Waals surface area contributed by atoms with Gasteiger partial charge in [-0.05, 0) is 28.1 Å². The molecule has 54 valence electrons. The highest BCUT2D eigenvalue weighted by Gasteiger charge is 1.90. The minimum Gasteiger partial charge on any atom is -0.250 e. The second kappa shape index (κ2) is 3.12. The number of hydrogen-bond acceptors (Lipinski definition) is 3. The van der Waals surface area contributed by atoms with Crippen LogP contribution in [0.15, 0.2) is 27.8 Å². The Bertz CT molecular complexity index is 285. The first-order chi connectivity index (χ1) is 4.70. The molecule has 1 N–H and O–H groups in total. The van der Waals surface area contributed by atoms with E-state index >= 15 is 0 Å². The van der Waals surface area contributed by atoms with E-state index < -0.39 is 10.6 Å². The van der Waals surface area contributed by atoms with Crippen molar-refractivity contribution in [3.63, 3.8) is 0 Å². The van der Waals surface area contributed by atoms with Crippen molar-refractivity contribution in [2.45, 2.75) is 5.03 Å². The summed E-state index contributed by atoms with van der Waals surface area (Å²) in [7, 11) is -2.04. The number of hydrogen-bond donors (Lipinski definition) is 2. The first-order valence-electron chi connectivity index (χ1n) is 2.50. The van der Waals surface area contributed by atoms with Crippen LogP contribution in [0.2, 0.25) is 0 Å². The quantitative estimate of drug-likeness (QED) is 0.705. The number of aromatic nitrogens is 1. The van der Waals surface area contributed by atoms with E-state index in [0.717, 1.165) is 4.47 Å². The van der Waals surface area contributed by atoms with Gasteiger partial charge < -0.3 is 0 Å². The third-order valence-corrected chi connectivity index (χ3v) is 2.07. The summed E-state index contributed by atoms with van der Waals surface area (Å²) in [6, 6.07) is 3.28. The predicted octanol–water partition coefficient (Wildman–Crippen LogP) is 1.45. The van der Waals surface area contributed by atoms with E-state index in [1.807, 2.05) is 0 Å². The van der Waals surface area contributed by atoms with Crippen molar-refractivity contribution in [2.75, 3.05) is 0 Å². The number of rotatable bonds is 1. The Labute approximate surface area is 68.6 Å². The number of nitrogens with zero attached hydrogens (tertiary/aromatic N) is 1. The first-order valence-corrected chi connectivity index (χ1v) is 4.55. The van der Waals surface area contributed by atoms with Gasteiger partial charge in [0, 0.05) is 10.7 Å². The van der Waals surface area contributed by atoms with Gasteiger partial charge in [0.2, 0.25) is 0 Å². The molecule has 0 fully saturated rings. The van der Waals surface area contributed by atoms with Gasteiger partial charge in [-0.15, -0.1) is 0 Å². The molecule has 1 aromatic rings. The molecule has 1 heterocycles. The van der Waals surface area contributed by atoms with E-state index in [0.29, 0.717) is 5.03 Å². The van der Waals surface area contributed by atoms with E-state index in [9.17, 15) is 4.21 Å². The molecule has 1 aromatic heterocycles. The standard InChI is InChI=1S/C5H5BrN2OS/c6-4-1-2-5(8-3-4)10(7)9/h1-3,7,10H. The van der Waals surface area contributed by atoms with Gasteiger partial charge in [0.25, 0.3) is 0 Å². The average Bonchev–Trinajstić information content (AvgIpc) is 1.88. The fourth-order valence-corrected chi connectivity index (χ4v) is 1.10. The smallest absolute Gasteiger partial charge is 0.132 e. The maximum atomic E-state index is 10.5. The summed E-state index contributed by atoms with van der Waals surface area (Å²) in [5, 5.41) is 0.318. The second-order valence-electron chi connectivity index (χ2n) is 1.63. The molecule has 1 rings (SSSR count). The van der Waals surface area contributed by atoms with Gasteiger partial charge in [-0.1, -0.05) is 0 Å². The highest BCUT2D eigenvalue weighted by Crippen LogP contribution is 2.07. The number of thiol groups is 1. The SMILES string of the molecule is N=[SH](=O)c1ccc(Br)cn1. The molecule has 0 radical (unpaired) electrons. The van der Waals surface area contributed by atoms with Crippen LogP contribution in [0.5, 0.6) is 0 Å². The van der Waals surface area contributed by atoms with Crippen LogP contribution in [0.1, 0.15) is 0 Å². The molecular formula is C5H5BrN2OS. The Hall–Kier alpha value is -0.420. The van der Waals surface area contributed by atoms with E-state index in [1.165, 1.54) is 6.20 Å². The lowest BCUT2D eigenvalue weighted by Crippen LogP contribution is -1.82. The summed E-state index contributed by atoms with van der Waals surface area (Å²) >= 11 is 3.18. The van der Waals surface area contributed by atoms with Crippen LogP contribution in [0.3, 0.4) is 0 Å². The lowest BCUT2D eigenvalue weighted by Gasteiger charge is -1.89. The Morgan fingerprint density at radius 1 is 1.60 bits per heavy atom. The van der Waals surface area contributed by atoms with Crippen molar-refractivity contribution in [1.82, 2.24) is 4.98 Å². The summed E-state index contributed by atoms with van der Waals surface area (Å²) in [5.74, 6) is 0. The second-order valence-corrected chi connectivity index (χ2v) is 3.59. The van der Waals surface area contributed by atoms with Crippen molar-refractivity contribution < 1.29 is 4.21 Å².